The Morgan fingerprint density at radius 3 is 2.56 bits per heavy atom. The first kappa shape index (κ1) is 12.2. The number of hydrogen-bond donors (Lipinski definition) is 1. The molecule has 0 fully saturated rings. The van der Waals surface area contributed by atoms with Gasteiger partial charge in [-0.3, -0.25) is 0 Å². The summed E-state index contributed by atoms with van der Waals surface area (Å²) >= 11 is 0. The molecule has 1 unspecified atom stereocenters. The minimum absolute atomic E-state index is 0.0213. The molecule has 0 saturated carbocycles. The van der Waals surface area contributed by atoms with Gasteiger partial charge in [-0.05, 0) is 12.5 Å². The van der Waals surface area contributed by atoms with Crippen LogP contribution in [0, 0.1) is 0 Å². The zero-order valence-corrected chi connectivity index (χ0v) is 9.38. The Morgan fingerprint density at radius 2 is 2.06 bits per heavy atom. The van der Waals surface area contributed by atoms with Gasteiger partial charge in [0.1, 0.15) is 0 Å². The smallest absolute Gasteiger partial charge is 0.356 e. The number of carbonyl (C=O) groups excluding carboxylic acids is 1. The summed E-state index contributed by atoms with van der Waals surface area (Å²) in [6.45, 7) is 3.76. The zero-order chi connectivity index (χ0) is 12.0. The Labute approximate surface area is 94.5 Å². The van der Waals surface area contributed by atoms with E-state index in [1.807, 2.05) is 30.3 Å². The molecule has 0 aliphatic heterocycles. The van der Waals surface area contributed by atoms with E-state index in [9.17, 15) is 4.79 Å². The van der Waals surface area contributed by atoms with Crippen molar-refractivity contribution in [2.75, 3.05) is 6.61 Å². The second-order valence-electron chi connectivity index (χ2n) is 3.34. The lowest BCUT2D eigenvalue weighted by atomic mass is 9.96. The van der Waals surface area contributed by atoms with Crippen molar-refractivity contribution in [1.82, 2.24) is 0 Å². The Bertz CT molecular complexity index is 373. The Kier molecular flexibility index (Phi) is 4.51. The van der Waals surface area contributed by atoms with Crippen molar-refractivity contribution in [2.24, 2.45) is 5.16 Å². The predicted molar refractivity (Wildman–Crippen MR) is 60.7 cm³/mol. The molecular weight excluding hydrogens is 206 g/mol. The first-order valence-electron chi connectivity index (χ1n) is 5.14. The SMILES string of the molecule is CCOC(=O)C(=NO)C(C)c1ccccc1. The van der Waals surface area contributed by atoms with Crippen LogP contribution >= 0.6 is 0 Å². The Hall–Kier alpha value is -1.84. The van der Waals surface area contributed by atoms with E-state index in [0.717, 1.165) is 5.56 Å². The highest BCUT2D eigenvalue weighted by Gasteiger charge is 2.22. The van der Waals surface area contributed by atoms with E-state index < -0.39 is 5.97 Å². The molecule has 1 atom stereocenters. The van der Waals surface area contributed by atoms with Crippen LogP contribution in [0.5, 0.6) is 0 Å². The van der Waals surface area contributed by atoms with E-state index in [4.69, 9.17) is 9.94 Å². The molecule has 0 spiro atoms. The summed E-state index contributed by atoms with van der Waals surface area (Å²) in [5.41, 5.74) is 0.927. The van der Waals surface area contributed by atoms with Gasteiger partial charge in [0, 0.05) is 5.92 Å². The van der Waals surface area contributed by atoms with E-state index in [1.54, 1.807) is 13.8 Å². The van der Waals surface area contributed by atoms with Crippen LogP contribution in [-0.4, -0.2) is 23.5 Å². The van der Waals surface area contributed by atoms with Crippen molar-refractivity contribution in [3.8, 4) is 0 Å². The minimum Gasteiger partial charge on any atom is -0.461 e. The summed E-state index contributed by atoms with van der Waals surface area (Å²) in [5, 5.41) is 11.9. The summed E-state index contributed by atoms with van der Waals surface area (Å²) in [7, 11) is 0. The van der Waals surface area contributed by atoms with Crippen LogP contribution in [0.25, 0.3) is 0 Å². The van der Waals surface area contributed by atoms with E-state index >= 15 is 0 Å². The molecule has 1 aromatic rings. The number of esters is 1. The second kappa shape index (κ2) is 5.90. The van der Waals surface area contributed by atoms with Gasteiger partial charge in [-0.2, -0.15) is 0 Å². The molecule has 16 heavy (non-hydrogen) atoms. The van der Waals surface area contributed by atoms with Gasteiger partial charge in [0.2, 0.25) is 0 Å². The van der Waals surface area contributed by atoms with E-state index in [-0.39, 0.29) is 18.2 Å². The van der Waals surface area contributed by atoms with E-state index in [1.165, 1.54) is 0 Å². The van der Waals surface area contributed by atoms with Crippen molar-refractivity contribution in [3.05, 3.63) is 35.9 Å². The molecule has 0 aliphatic carbocycles. The number of rotatable bonds is 4. The minimum atomic E-state index is -0.582. The normalized spacial score (nSPS) is 13.2. The summed E-state index contributed by atoms with van der Waals surface area (Å²) in [6.07, 6.45) is 0. The van der Waals surface area contributed by atoms with Crippen LogP contribution in [0.15, 0.2) is 35.5 Å². The largest absolute Gasteiger partial charge is 0.461 e. The summed E-state index contributed by atoms with van der Waals surface area (Å²) < 4.78 is 4.81. The number of nitrogens with zero attached hydrogens (tertiary/aromatic N) is 1. The molecule has 86 valence electrons. The lowest BCUT2D eigenvalue weighted by molar-refractivity contribution is -0.135. The molecule has 1 rings (SSSR count). The van der Waals surface area contributed by atoms with Gasteiger partial charge in [-0.15, -0.1) is 0 Å². The van der Waals surface area contributed by atoms with Crippen LogP contribution in [0.2, 0.25) is 0 Å². The average Bonchev–Trinajstić information content (AvgIpc) is 2.31. The number of ether oxygens (including phenoxy) is 1. The van der Waals surface area contributed by atoms with Crippen LogP contribution in [0.1, 0.15) is 25.3 Å². The quantitative estimate of drug-likeness (QED) is 0.367. The van der Waals surface area contributed by atoms with Gasteiger partial charge in [-0.25, -0.2) is 4.79 Å². The monoisotopic (exact) mass is 221 g/mol. The molecule has 4 heteroatoms. The third kappa shape index (κ3) is 2.82. The molecule has 4 nitrogen and oxygen atoms in total. The maximum absolute atomic E-state index is 11.5. The van der Waals surface area contributed by atoms with Crippen LogP contribution < -0.4 is 0 Å². The molecule has 1 aromatic carbocycles. The van der Waals surface area contributed by atoms with Gasteiger partial charge in [-0.1, -0.05) is 42.4 Å². The first-order valence-corrected chi connectivity index (χ1v) is 5.14. The van der Waals surface area contributed by atoms with Crippen molar-refractivity contribution in [1.29, 1.82) is 0 Å². The van der Waals surface area contributed by atoms with Gasteiger partial charge in [0.15, 0.2) is 5.71 Å². The Balaban J connectivity index is 2.87. The summed E-state index contributed by atoms with van der Waals surface area (Å²) in [5.74, 6) is -0.869. The zero-order valence-electron chi connectivity index (χ0n) is 9.38. The van der Waals surface area contributed by atoms with E-state index in [2.05, 4.69) is 5.16 Å². The lowest BCUT2D eigenvalue weighted by Crippen LogP contribution is -2.23. The topological polar surface area (TPSA) is 58.9 Å². The standard InChI is InChI=1S/C12H15NO3/c1-3-16-12(14)11(13-15)9(2)10-7-5-4-6-8-10/h4-9,15H,3H2,1-2H3. The maximum atomic E-state index is 11.5. The molecule has 0 heterocycles. The van der Waals surface area contributed by atoms with Crippen molar-refractivity contribution in [2.45, 2.75) is 19.8 Å². The van der Waals surface area contributed by atoms with Crippen molar-refractivity contribution in [3.63, 3.8) is 0 Å². The van der Waals surface area contributed by atoms with Gasteiger partial charge >= 0.3 is 5.97 Å². The molecular formula is C12H15NO3. The van der Waals surface area contributed by atoms with Crippen molar-refractivity contribution < 1.29 is 14.7 Å². The Morgan fingerprint density at radius 1 is 1.44 bits per heavy atom. The summed E-state index contributed by atoms with van der Waals surface area (Å²) in [6, 6.07) is 9.36. The number of benzene rings is 1. The summed E-state index contributed by atoms with van der Waals surface area (Å²) in [4.78, 5) is 11.5. The number of oxime groups is 1. The molecule has 0 amide bonds. The number of hydrogen-bond acceptors (Lipinski definition) is 4. The lowest BCUT2D eigenvalue weighted by Gasteiger charge is -2.12. The number of carbonyl (C=O) groups is 1. The van der Waals surface area contributed by atoms with E-state index in [0.29, 0.717) is 0 Å². The average molecular weight is 221 g/mol. The van der Waals surface area contributed by atoms with Gasteiger partial charge in [0.25, 0.3) is 0 Å². The molecule has 0 bridgehead atoms. The van der Waals surface area contributed by atoms with Crippen LogP contribution in [-0.2, 0) is 9.53 Å². The van der Waals surface area contributed by atoms with Gasteiger partial charge < -0.3 is 9.94 Å². The highest BCUT2D eigenvalue weighted by Crippen LogP contribution is 2.17. The van der Waals surface area contributed by atoms with Crippen LogP contribution in [0.3, 0.4) is 0 Å². The molecule has 0 aliphatic rings. The van der Waals surface area contributed by atoms with Crippen molar-refractivity contribution >= 4 is 11.7 Å². The molecule has 0 aromatic heterocycles. The highest BCUT2D eigenvalue weighted by molar-refractivity contribution is 6.38. The van der Waals surface area contributed by atoms with Crippen LogP contribution in [0.4, 0.5) is 0 Å². The first-order chi connectivity index (χ1) is 7.70. The fraction of sp³-hybridized carbons (Fsp3) is 0.333. The van der Waals surface area contributed by atoms with Gasteiger partial charge in [0.05, 0.1) is 6.61 Å². The maximum Gasteiger partial charge on any atom is 0.356 e. The highest BCUT2D eigenvalue weighted by atomic mass is 16.5. The third-order valence-corrected chi connectivity index (χ3v) is 2.30. The third-order valence-electron chi connectivity index (χ3n) is 2.30. The fourth-order valence-electron chi connectivity index (χ4n) is 1.41. The second-order valence-corrected chi connectivity index (χ2v) is 3.34. The fourth-order valence-corrected chi connectivity index (χ4v) is 1.41. The molecule has 1 N–H and O–H groups in total. The molecule has 0 saturated heterocycles. The predicted octanol–water partition coefficient (Wildman–Crippen LogP) is 2.18. The molecule has 0 radical (unpaired) electrons.